The van der Waals surface area contributed by atoms with E-state index >= 15 is 0 Å². The summed E-state index contributed by atoms with van der Waals surface area (Å²) in [5.74, 6) is -3.94. The van der Waals surface area contributed by atoms with Gasteiger partial charge in [-0.3, -0.25) is 14.9 Å². The maximum Gasteiger partial charge on any atom is 0.414 e. The Morgan fingerprint density at radius 3 is 2.10 bits per heavy atom. The Bertz CT molecular complexity index is 963. The smallest absolute Gasteiger partial charge is 0.414 e. The minimum Gasteiger partial charge on any atom is -0.473 e. The number of halogens is 1. The van der Waals surface area contributed by atoms with Crippen molar-refractivity contribution in [2.24, 2.45) is 0 Å². The fraction of sp³-hybridized carbons (Fsp3) is 0.250. The molecule has 11 heteroatoms. The van der Waals surface area contributed by atoms with Gasteiger partial charge in [0, 0.05) is 25.2 Å². The van der Waals surface area contributed by atoms with Gasteiger partial charge in [-0.05, 0) is 31.0 Å². The van der Waals surface area contributed by atoms with Crippen molar-refractivity contribution in [1.29, 1.82) is 0 Å². The van der Waals surface area contributed by atoms with Crippen LogP contribution in [0.1, 0.15) is 23.2 Å². The maximum atomic E-state index is 12.6. The van der Waals surface area contributed by atoms with Crippen LogP contribution in [-0.2, 0) is 9.59 Å². The number of para-hydroxylation sites is 2. The van der Waals surface area contributed by atoms with Gasteiger partial charge in [-0.1, -0.05) is 35.9 Å². The molecule has 0 saturated carbocycles. The van der Waals surface area contributed by atoms with E-state index in [0.29, 0.717) is 18.1 Å². The minimum atomic E-state index is -1.82. The number of hydrogen-bond acceptors (Lipinski definition) is 6. The lowest BCUT2D eigenvalue weighted by molar-refractivity contribution is -0.385. The number of carboxylic acids is 2. The monoisotopic (exact) mass is 449 g/mol. The second kappa shape index (κ2) is 10.9. The maximum absolute atomic E-state index is 12.6. The highest BCUT2D eigenvalue weighted by Gasteiger charge is 2.28. The molecule has 3 N–H and O–H groups in total. The van der Waals surface area contributed by atoms with E-state index in [0.717, 1.165) is 18.5 Å². The van der Waals surface area contributed by atoms with Gasteiger partial charge in [-0.15, -0.1) is 0 Å². The van der Waals surface area contributed by atoms with E-state index in [2.05, 4.69) is 5.32 Å². The molecule has 0 aliphatic carbocycles. The van der Waals surface area contributed by atoms with Gasteiger partial charge in [0.1, 0.15) is 5.56 Å². The van der Waals surface area contributed by atoms with E-state index in [1.807, 2.05) is 24.3 Å². The molecule has 0 spiro atoms. The number of nitrogens with zero attached hydrogens (tertiary/aromatic N) is 2. The molecule has 0 aromatic heterocycles. The molecule has 0 radical (unpaired) electrons. The first-order chi connectivity index (χ1) is 14.7. The van der Waals surface area contributed by atoms with Crippen LogP contribution >= 0.6 is 11.6 Å². The summed E-state index contributed by atoms with van der Waals surface area (Å²) in [5, 5.41) is 30.0. The fourth-order valence-corrected chi connectivity index (χ4v) is 3.20. The molecule has 164 valence electrons. The molecule has 1 amide bonds. The van der Waals surface area contributed by atoms with Crippen LogP contribution in [0.5, 0.6) is 0 Å². The van der Waals surface area contributed by atoms with Gasteiger partial charge in [-0.2, -0.15) is 0 Å². The average Bonchev–Trinajstić information content (AvgIpc) is 2.75. The van der Waals surface area contributed by atoms with Crippen molar-refractivity contribution in [3.8, 4) is 0 Å². The normalized spacial score (nSPS) is 13.5. The number of likely N-dealkylation sites (tertiary alicyclic amines) is 1. The van der Waals surface area contributed by atoms with Crippen LogP contribution in [-0.4, -0.2) is 57.0 Å². The number of rotatable bonds is 4. The lowest BCUT2D eigenvalue weighted by atomic mass is 10.0. The number of aliphatic carboxylic acids is 2. The van der Waals surface area contributed by atoms with Gasteiger partial charge in [0.05, 0.1) is 15.6 Å². The number of piperidine rings is 1. The number of nitro benzene ring substituents is 1. The summed E-state index contributed by atoms with van der Waals surface area (Å²) >= 11 is 6.16. The molecule has 1 aliphatic heterocycles. The standard InChI is InChI=1S/C18H18ClN3O3.C2H2O4/c19-15-6-2-3-7-16(15)20-13-9-11-21(12-10-13)18(23)14-5-1-4-8-17(14)22(24)25;3-1(4)2(5)6/h1-8,13,20H,9-12H2;(H,3,4)(H,5,6). The molecule has 1 fully saturated rings. The molecule has 1 aliphatic rings. The van der Waals surface area contributed by atoms with Gasteiger partial charge in [0.25, 0.3) is 11.6 Å². The van der Waals surface area contributed by atoms with E-state index in [-0.39, 0.29) is 23.2 Å². The lowest BCUT2D eigenvalue weighted by Crippen LogP contribution is -2.42. The summed E-state index contributed by atoms with van der Waals surface area (Å²) in [6, 6.07) is 13.8. The van der Waals surface area contributed by atoms with Crippen molar-refractivity contribution in [1.82, 2.24) is 4.90 Å². The van der Waals surface area contributed by atoms with Gasteiger partial charge in [0.2, 0.25) is 0 Å². The van der Waals surface area contributed by atoms with Crippen LogP contribution in [0.4, 0.5) is 11.4 Å². The van der Waals surface area contributed by atoms with Gasteiger partial charge in [-0.25, -0.2) is 9.59 Å². The van der Waals surface area contributed by atoms with Gasteiger partial charge < -0.3 is 20.4 Å². The molecule has 0 atom stereocenters. The molecule has 2 aromatic carbocycles. The summed E-state index contributed by atoms with van der Waals surface area (Å²) < 4.78 is 0. The quantitative estimate of drug-likeness (QED) is 0.366. The summed E-state index contributed by atoms with van der Waals surface area (Å²) in [6.07, 6.45) is 1.52. The second-order valence-corrected chi connectivity index (χ2v) is 6.98. The topological polar surface area (TPSA) is 150 Å². The summed E-state index contributed by atoms with van der Waals surface area (Å²) in [7, 11) is 0. The molecule has 1 heterocycles. The van der Waals surface area contributed by atoms with E-state index in [9.17, 15) is 14.9 Å². The number of amides is 1. The van der Waals surface area contributed by atoms with Crippen LogP contribution < -0.4 is 5.32 Å². The highest BCUT2D eigenvalue weighted by atomic mass is 35.5. The number of carbonyl (C=O) groups is 3. The predicted molar refractivity (Wildman–Crippen MR) is 112 cm³/mol. The zero-order valence-corrected chi connectivity index (χ0v) is 17.0. The Hall–Kier alpha value is -3.66. The first-order valence-corrected chi connectivity index (χ1v) is 9.58. The van der Waals surface area contributed by atoms with Crippen LogP contribution in [0, 0.1) is 10.1 Å². The van der Waals surface area contributed by atoms with Crippen LogP contribution in [0.15, 0.2) is 48.5 Å². The first-order valence-electron chi connectivity index (χ1n) is 9.20. The average molecular weight is 450 g/mol. The second-order valence-electron chi connectivity index (χ2n) is 6.58. The fourth-order valence-electron chi connectivity index (χ4n) is 3.01. The minimum absolute atomic E-state index is 0.144. The largest absolute Gasteiger partial charge is 0.473 e. The highest BCUT2D eigenvalue weighted by molar-refractivity contribution is 6.33. The number of nitrogens with one attached hydrogen (secondary N) is 1. The van der Waals surface area contributed by atoms with Crippen LogP contribution in [0.2, 0.25) is 5.02 Å². The van der Waals surface area contributed by atoms with Gasteiger partial charge >= 0.3 is 11.9 Å². The molecule has 1 saturated heterocycles. The Morgan fingerprint density at radius 2 is 1.55 bits per heavy atom. The number of hydrogen-bond donors (Lipinski definition) is 3. The third kappa shape index (κ3) is 6.68. The van der Waals surface area contributed by atoms with Crippen molar-refractivity contribution in [2.45, 2.75) is 18.9 Å². The van der Waals surface area contributed by atoms with Crippen LogP contribution in [0.3, 0.4) is 0 Å². The van der Waals surface area contributed by atoms with Crippen molar-refractivity contribution < 1.29 is 29.5 Å². The number of benzene rings is 2. The first kappa shape index (κ1) is 23.6. The third-order valence-electron chi connectivity index (χ3n) is 4.53. The molecule has 2 aromatic rings. The van der Waals surface area contributed by atoms with E-state index in [1.54, 1.807) is 17.0 Å². The lowest BCUT2D eigenvalue weighted by Gasteiger charge is -2.33. The predicted octanol–water partition coefficient (Wildman–Crippen LogP) is 3.12. The molecule has 0 bridgehead atoms. The molecule has 3 rings (SSSR count). The van der Waals surface area contributed by atoms with E-state index < -0.39 is 16.9 Å². The summed E-state index contributed by atoms with van der Waals surface area (Å²) in [4.78, 5) is 43.1. The highest BCUT2D eigenvalue weighted by Crippen LogP contribution is 2.25. The van der Waals surface area contributed by atoms with Crippen molar-refractivity contribution in [3.63, 3.8) is 0 Å². The third-order valence-corrected chi connectivity index (χ3v) is 4.86. The molecular weight excluding hydrogens is 430 g/mol. The van der Waals surface area contributed by atoms with Crippen molar-refractivity contribution in [2.75, 3.05) is 18.4 Å². The summed E-state index contributed by atoms with van der Waals surface area (Å²) in [5.41, 5.74) is 0.876. The number of carboxylic acid groups (broad SMARTS) is 2. The Labute approximate surface area is 182 Å². The Balaban J connectivity index is 0.000000501. The zero-order valence-electron chi connectivity index (χ0n) is 16.2. The van der Waals surface area contributed by atoms with Crippen LogP contribution in [0.25, 0.3) is 0 Å². The number of carbonyl (C=O) groups excluding carboxylic acids is 1. The van der Waals surface area contributed by atoms with E-state index in [4.69, 9.17) is 31.4 Å². The summed E-state index contributed by atoms with van der Waals surface area (Å²) in [6.45, 7) is 1.10. The SMILES string of the molecule is O=C(O)C(=O)O.O=C(c1ccccc1[N+](=O)[O-])N1CCC(Nc2ccccc2Cl)CC1. The van der Waals surface area contributed by atoms with Crippen molar-refractivity contribution in [3.05, 3.63) is 69.2 Å². The number of nitro groups is 1. The van der Waals surface area contributed by atoms with Gasteiger partial charge in [0.15, 0.2) is 0 Å². The molecule has 0 unspecified atom stereocenters. The van der Waals surface area contributed by atoms with E-state index in [1.165, 1.54) is 12.1 Å². The Kier molecular flexibility index (Phi) is 8.33. The number of anilines is 1. The van der Waals surface area contributed by atoms with Crippen molar-refractivity contribution >= 4 is 40.8 Å². The molecular formula is C20H20ClN3O7. The zero-order chi connectivity index (χ0) is 23.0. The molecule has 10 nitrogen and oxygen atoms in total. The molecule has 31 heavy (non-hydrogen) atoms. The Morgan fingerprint density at radius 1 is 1.00 bits per heavy atom.